The number of nitrogens with two attached hydrogens (primary N) is 1. The maximum absolute atomic E-state index is 5.82. The molecule has 0 amide bonds. The van der Waals surface area contributed by atoms with Gasteiger partial charge in [-0.05, 0) is 51.7 Å². The summed E-state index contributed by atoms with van der Waals surface area (Å²) in [7, 11) is 2.23. The van der Waals surface area contributed by atoms with Gasteiger partial charge < -0.3 is 16.0 Å². The first-order chi connectivity index (χ1) is 6.64. The summed E-state index contributed by atoms with van der Waals surface area (Å²) in [6.45, 7) is 5.55. The largest absolute Gasteiger partial charge is 0.327 e. The fourth-order valence-electron chi connectivity index (χ4n) is 2.99. The van der Waals surface area contributed by atoms with Crippen molar-refractivity contribution in [3.05, 3.63) is 0 Å². The van der Waals surface area contributed by atoms with Gasteiger partial charge in [0.05, 0.1) is 0 Å². The van der Waals surface area contributed by atoms with E-state index in [1.165, 1.54) is 32.4 Å². The van der Waals surface area contributed by atoms with Crippen LogP contribution in [0.25, 0.3) is 0 Å². The molecule has 0 aromatic heterocycles. The van der Waals surface area contributed by atoms with Crippen molar-refractivity contribution in [2.24, 2.45) is 11.1 Å². The first-order valence-corrected chi connectivity index (χ1v) is 5.81. The predicted molar refractivity (Wildman–Crippen MR) is 59.2 cm³/mol. The van der Waals surface area contributed by atoms with E-state index >= 15 is 0 Å². The molecule has 0 radical (unpaired) electrons. The second-order valence-electron chi connectivity index (χ2n) is 5.25. The van der Waals surface area contributed by atoms with Gasteiger partial charge in [-0.1, -0.05) is 0 Å². The molecule has 1 aliphatic carbocycles. The molecule has 82 valence electrons. The summed E-state index contributed by atoms with van der Waals surface area (Å²) in [6.07, 6.45) is 4.12. The van der Waals surface area contributed by atoms with Crippen LogP contribution in [-0.4, -0.2) is 43.7 Å². The van der Waals surface area contributed by atoms with Crippen LogP contribution in [0.5, 0.6) is 0 Å². The Morgan fingerprint density at radius 2 is 2.14 bits per heavy atom. The molecular formula is C11H23N3. The van der Waals surface area contributed by atoms with Gasteiger partial charge >= 0.3 is 0 Å². The fraction of sp³-hybridized carbons (Fsp3) is 1.00. The van der Waals surface area contributed by atoms with Crippen LogP contribution in [0.4, 0.5) is 0 Å². The summed E-state index contributed by atoms with van der Waals surface area (Å²) in [5.74, 6) is 0. The van der Waals surface area contributed by atoms with E-state index in [2.05, 4.69) is 24.2 Å². The minimum Gasteiger partial charge on any atom is -0.327 e. The van der Waals surface area contributed by atoms with Crippen LogP contribution in [0.1, 0.15) is 26.2 Å². The van der Waals surface area contributed by atoms with Crippen molar-refractivity contribution in [3.63, 3.8) is 0 Å². The highest BCUT2D eigenvalue weighted by Gasteiger charge is 2.55. The van der Waals surface area contributed by atoms with Gasteiger partial charge in [0, 0.05) is 18.6 Å². The monoisotopic (exact) mass is 197 g/mol. The summed E-state index contributed by atoms with van der Waals surface area (Å²) < 4.78 is 0. The average Bonchev–Trinajstić information content (AvgIpc) is 2.80. The zero-order valence-electron chi connectivity index (χ0n) is 9.42. The van der Waals surface area contributed by atoms with Gasteiger partial charge in [-0.2, -0.15) is 0 Å². The maximum Gasteiger partial charge on any atom is 0.0157 e. The molecule has 2 fully saturated rings. The Hall–Kier alpha value is -0.120. The molecule has 1 spiro atoms. The van der Waals surface area contributed by atoms with Gasteiger partial charge in [-0.15, -0.1) is 0 Å². The Morgan fingerprint density at radius 1 is 1.50 bits per heavy atom. The summed E-state index contributed by atoms with van der Waals surface area (Å²) in [5.41, 5.74) is 6.48. The van der Waals surface area contributed by atoms with Crippen molar-refractivity contribution in [2.45, 2.75) is 38.3 Å². The predicted octanol–water partition coefficient (Wildman–Crippen LogP) is 0.408. The van der Waals surface area contributed by atoms with Crippen molar-refractivity contribution in [2.75, 3.05) is 26.7 Å². The van der Waals surface area contributed by atoms with E-state index < -0.39 is 0 Å². The minimum atomic E-state index is 0.305. The lowest BCUT2D eigenvalue weighted by molar-refractivity contribution is 0.229. The first kappa shape index (κ1) is 10.4. The molecule has 3 N–H and O–H groups in total. The van der Waals surface area contributed by atoms with Gasteiger partial charge in [0.1, 0.15) is 0 Å². The number of nitrogens with zero attached hydrogens (tertiary/aromatic N) is 1. The normalized spacial score (nSPS) is 32.1. The van der Waals surface area contributed by atoms with E-state index in [-0.39, 0.29) is 0 Å². The molecule has 3 heteroatoms. The van der Waals surface area contributed by atoms with Crippen LogP contribution in [0.2, 0.25) is 0 Å². The fourth-order valence-corrected chi connectivity index (χ4v) is 2.99. The molecule has 0 bridgehead atoms. The number of hydrogen-bond acceptors (Lipinski definition) is 3. The summed E-state index contributed by atoms with van der Waals surface area (Å²) >= 11 is 0. The van der Waals surface area contributed by atoms with E-state index in [1.807, 2.05) is 0 Å². The molecule has 0 aromatic rings. The van der Waals surface area contributed by atoms with Gasteiger partial charge in [-0.3, -0.25) is 0 Å². The van der Waals surface area contributed by atoms with Crippen LogP contribution < -0.4 is 11.1 Å². The van der Waals surface area contributed by atoms with Crippen LogP contribution in [-0.2, 0) is 0 Å². The van der Waals surface area contributed by atoms with Crippen molar-refractivity contribution in [1.82, 2.24) is 10.2 Å². The Balaban J connectivity index is 1.84. The average molecular weight is 197 g/mol. The van der Waals surface area contributed by atoms with Crippen LogP contribution in [0, 0.1) is 5.41 Å². The number of piperidine rings is 1. The molecule has 1 saturated heterocycles. The lowest BCUT2D eigenvalue weighted by atomic mass is 9.93. The van der Waals surface area contributed by atoms with Gasteiger partial charge in [0.15, 0.2) is 0 Å². The van der Waals surface area contributed by atoms with E-state index in [1.54, 1.807) is 0 Å². The van der Waals surface area contributed by atoms with Crippen molar-refractivity contribution in [1.29, 1.82) is 0 Å². The van der Waals surface area contributed by atoms with E-state index in [9.17, 15) is 0 Å². The van der Waals surface area contributed by atoms with Crippen molar-refractivity contribution >= 4 is 0 Å². The number of likely N-dealkylation sites (N-methyl/N-ethyl adjacent to an activating group) is 1. The highest BCUT2D eigenvalue weighted by molar-refractivity contribution is 5.10. The molecule has 2 aliphatic rings. The van der Waals surface area contributed by atoms with Gasteiger partial charge in [-0.25, -0.2) is 0 Å². The molecule has 14 heavy (non-hydrogen) atoms. The summed E-state index contributed by atoms with van der Waals surface area (Å²) in [6, 6.07) is 1.12. The third-order valence-corrected chi connectivity index (χ3v) is 3.85. The van der Waals surface area contributed by atoms with Crippen LogP contribution >= 0.6 is 0 Å². The quantitative estimate of drug-likeness (QED) is 0.688. The second-order valence-corrected chi connectivity index (χ2v) is 5.25. The lowest BCUT2D eigenvalue weighted by Gasteiger charge is -2.27. The molecule has 2 unspecified atom stereocenters. The van der Waals surface area contributed by atoms with Crippen LogP contribution in [0.15, 0.2) is 0 Å². The second kappa shape index (κ2) is 3.80. The summed E-state index contributed by atoms with van der Waals surface area (Å²) in [4.78, 5) is 2.47. The Morgan fingerprint density at radius 3 is 2.71 bits per heavy atom. The van der Waals surface area contributed by atoms with Gasteiger partial charge in [0.25, 0.3) is 0 Å². The Labute approximate surface area is 87.0 Å². The number of rotatable bonds is 3. The molecule has 3 nitrogen and oxygen atoms in total. The van der Waals surface area contributed by atoms with Crippen LogP contribution in [0.3, 0.4) is 0 Å². The zero-order chi connectivity index (χ0) is 10.2. The maximum atomic E-state index is 5.82. The molecule has 1 aliphatic heterocycles. The Bertz CT molecular complexity index is 197. The topological polar surface area (TPSA) is 41.3 Å². The third-order valence-electron chi connectivity index (χ3n) is 3.85. The van der Waals surface area contributed by atoms with E-state index in [0.717, 1.165) is 12.6 Å². The molecule has 2 atom stereocenters. The third kappa shape index (κ3) is 1.95. The zero-order valence-corrected chi connectivity index (χ0v) is 9.42. The number of hydrogen-bond donors (Lipinski definition) is 2. The summed E-state index contributed by atoms with van der Waals surface area (Å²) in [5, 5.41) is 3.44. The minimum absolute atomic E-state index is 0.305. The smallest absolute Gasteiger partial charge is 0.0157 e. The van der Waals surface area contributed by atoms with Crippen molar-refractivity contribution < 1.29 is 0 Å². The number of nitrogens with one attached hydrogen (secondary N) is 1. The van der Waals surface area contributed by atoms with E-state index in [4.69, 9.17) is 5.73 Å². The lowest BCUT2D eigenvalue weighted by Crippen LogP contribution is -2.39. The molecule has 1 saturated carbocycles. The van der Waals surface area contributed by atoms with E-state index in [0.29, 0.717) is 11.5 Å². The van der Waals surface area contributed by atoms with Gasteiger partial charge in [0.2, 0.25) is 0 Å². The highest BCUT2D eigenvalue weighted by atomic mass is 15.2. The highest BCUT2D eigenvalue weighted by Crippen LogP contribution is 2.55. The first-order valence-electron chi connectivity index (χ1n) is 5.81. The Kier molecular flexibility index (Phi) is 2.82. The standard InChI is InChI=1S/C11H23N3/c1-9(12)8-14(2)10-7-11(10)3-5-13-6-4-11/h9-10,13H,3-8,12H2,1-2H3. The van der Waals surface area contributed by atoms with Crippen molar-refractivity contribution in [3.8, 4) is 0 Å². The molecule has 2 rings (SSSR count). The SMILES string of the molecule is CC(N)CN(C)C1CC12CCNCC2. The molecular weight excluding hydrogens is 174 g/mol. The molecule has 0 aromatic carbocycles. The molecule has 1 heterocycles.